The highest BCUT2D eigenvalue weighted by atomic mass is 31.2. The van der Waals surface area contributed by atoms with Crippen LogP contribution >= 0.6 is 15.2 Å². The molecule has 0 aliphatic heterocycles. The summed E-state index contributed by atoms with van der Waals surface area (Å²) in [4.78, 5) is 0. The molecule has 0 aromatic heterocycles. The van der Waals surface area contributed by atoms with Gasteiger partial charge in [-0.3, -0.25) is 0 Å². The number of hydrogen-bond acceptors (Lipinski definition) is 5. The van der Waals surface area contributed by atoms with E-state index >= 15 is 0 Å². The Labute approximate surface area is 270 Å². The summed E-state index contributed by atoms with van der Waals surface area (Å²) in [5, 5.41) is 0. The van der Waals surface area contributed by atoms with Crippen LogP contribution in [0.15, 0.2) is 179 Å². The van der Waals surface area contributed by atoms with Gasteiger partial charge in [0.1, 0.15) is 23.0 Å². The van der Waals surface area contributed by atoms with Crippen molar-refractivity contribution in [1.29, 1.82) is 0 Å². The van der Waals surface area contributed by atoms with E-state index in [2.05, 4.69) is 29.0 Å². The first-order chi connectivity index (χ1) is 22.5. The maximum atomic E-state index is 6.64. The number of hydrogen-bond donors (Lipinski definition) is 0. The third kappa shape index (κ3) is 7.97. The van der Waals surface area contributed by atoms with Crippen LogP contribution in [0.4, 0.5) is 0 Å². The molecule has 2 atom stereocenters. The lowest BCUT2D eigenvalue weighted by atomic mass is 10.1. The fourth-order valence-corrected chi connectivity index (χ4v) is 9.35. The first-order valence-corrected chi connectivity index (χ1v) is 18.4. The van der Waals surface area contributed by atoms with Crippen molar-refractivity contribution in [2.24, 2.45) is 9.26 Å². The summed E-state index contributed by atoms with van der Waals surface area (Å²) < 4.78 is 36.2. The Hall–Kier alpha value is -5.02. The van der Waals surface area contributed by atoms with Crippen molar-refractivity contribution >= 4 is 15.2 Å². The van der Waals surface area contributed by atoms with Crippen LogP contribution in [-0.4, -0.2) is 13.7 Å². The zero-order chi connectivity index (χ0) is 31.7. The molecular formula is C38H34N2O4P2. The molecule has 230 valence electrons. The summed E-state index contributed by atoms with van der Waals surface area (Å²) >= 11 is 0. The van der Waals surface area contributed by atoms with Crippen LogP contribution in [-0.2, 0) is 0 Å². The maximum Gasteiger partial charge on any atom is 0.448 e. The minimum atomic E-state index is -3.41. The minimum absolute atomic E-state index is 0.566. The van der Waals surface area contributed by atoms with E-state index in [0.29, 0.717) is 23.0 Å². The monoisotopic (exact) mass is 644 g/mol. The van der Waals surface area contributed by atoms with Crippen molar-refractivity contribution in [1.82, 2.24) is 0 Å². The van der Waals surface area contributed by atoms with Crippen molar-refractivity contribution in [2.75, 3.05) is 13.7 Å². The highest BCUT2D eigenvalue weighted by molar-refractivity contribution is 7.67. The quantitative estimate of drug-likeness (QED) is 0.132. The average molecular weight is 645 g/mol. The van der Waals surface area contributed by atoms with Crippen molar-refractivity contribution in [3.63, 3.8) is 0 Å². The normalized spacial score (nSPS) is 13.3. The molecule has 6 aromatic rings. The van der Waals surface area contributed by atoms with Crippen LogP contribution in [0.2, 0.25) is 0 Å². The molecule has 0 saturated heterocycles. The molecule has 0 aliphatic carbocycles. The SMILES string of the molecule is CN=P(N=P(C)(Oc1ccccc1)Oc1ccc(-c2ccccc2)cc1)(Oc1ccccc1)Oc1ccc(-c2ccccc2)cc1. The number of para-hydroxylation sites is 2. The van der Waals surface area contributed by atoms with Gasteiger partial charge in [0.15, 0.2) is 0 Å². The predicted molar refractivity (Wildman–Crippen MR) is 190 cm³/mol. The van der Waals surface area contributed by atoms with E-state index in [9.17, 15) is 0 Å². The molecule has 0 N–H and O–H groups in total. The molecule has 46 heavy (non-hydrogen) atoms. The Kier molecular flexibility index (Phi) is 9.69. The smallest absolute Gasteiger partial charge is 0.430 e. The lowest BCUT2D eigenvalue weighted by Crippen LogP contribution is -2.05. The lowest BCUT2D eigenvalue weighted by Gasteiger charge is -2.27. The largest absolute Gasteiger partial charge is 0.448 e. The fourth-order valence-electron chi connectivity index (χ4n) is 4.74. The van der Waals surface area contributed by atoms with Gasteiger partial charge in [-0.25, -0.2) is 4.74 Å². The van der Waals surface area contributed by atoms with Gasteiger partial charge in [-0.1, -0.05) is 121 Å². The zero-order valence-electron chi connectivity index (χ0n) is 25.6. The fraction of sp³-hybridized carbons (Fsp3) is 0.0526. The summed E-state index contributed by atoms with van der Waals surface area (Å²) in [6, 6.07) is 55.0. The van der Waals surface area contributed by atoms with Gasteiger partial charge < -0.3 is 18.1 Å². The van der Waals surface area contributed by atoms with E-state index in [4.69, 9.17) is 22.6 Å². The van der Waals surface area contributed by atoms with Crippen molar-refractivity contribution in [3.05, 3.63) is 170 Å². The van der Waals surface area contributed by atoms with Crippen molar-refractivity contribution in [2.45, 2.75) is 0 Å². The summed E-state index contributed by atoms with van der Waals surface area (Å²) in [5.41, 5.74) is 4.38. The van der Waals surface area contributed by atoms with Crippen LogP contribution in [0.25, 0.3) is 22.3 Å². The second kappa shape index (κ2) is 14.4. The molecule has 6 nitrogen and oxygen atoms in total. The molecule has 0 spiro atoms. The van der Waals surface area contributed by atoms with E-state index in [-0.39, 0.29) is 0 Å². The van der Waals surface area contributed by atoms with E-state index in [1.54, 1.807) is 7.05 Å². The lowest BCUT2D eigenvalue weighted by molar-refractivity contribution is 0.462. The molecule has 0 amide bonds. The predicted octanol–water partition coefficient (Wildman–Crippen LogP) is 11.9. The number of benzene rings is 6. The molecule has 0 bridgehead atoms. The van der Waals surface area contributed by atoms with Crippen LogP contribution in [0.5, 0.6) is 23.0 Å². The first-order valence-electron chi connectivity index (χ1n) is 14.8. The summed E-state index contributed by atoms with van der Waals surface area (Å²) in [6.07, 6.45) is 0. The number of rotatable bonds is 11. The maximum absolute atomic E-state index is 6.64. The van der Waals surface area contributed by atoms with Crippen LogP contribution in [0.3, 0.4) is 0 Å². The molecule has 6 aromatic carbocycles. The topological polar surface area (TPSA) is 61.6 Å². The molecule has 8 heteroatoms. The standard InChI is InChI=1S/C38H34N2O4P2/c1-39-46(43-36-21-13-6-14-22-36,44-38-29-25-34(26-30-38)32-17-9-4-10-18-32)40-45(2,41-35-19-11-5-12-20-35)42-37-27-23-33(24-28-37)31-15-7-3-8-16-31/h3-30H,1-2H3. The molecule has 6 rings (SSSR count). The first kappa shape index (κ1) is 31.0. The summed E-state index contributed by atoms with van der Waals surface area (Å²) in [6.45, 7) is 1.85. The molecule has 0 aliphatic rings. The Morgan fingerprint density at radius 3 is 1.07 bits per heavy atom. The summed E-state index contributed by atoms with van der Waals surface area (Å²) in [7, 11) is -4.90. The summed E-state index contributed by atoms with van der Waals surface area (Å²) in [5.74, 6) is 2.36. The zero-order valence-corrected chi connectivity index (χ0v) is 27.4. The van der Waals surface area contributed by atoms with E-state index in [1.165, 1.54) is 0 Å². The van der Waals surface area contributed by atoms with Crippen LogP contribution < -0.4 is 18.1 Å². The Morgan fingerprint density at radius 2 is 0.674 bits per heavy atom. The second-order valence-corrected chi connectivity index (χ2v) is 14.8. The molecule has 0 radical (unpaired) electrons. The van der Waals surface area contributed by atoms with Gasteiger partial charge in [-0.05, 0) is 70.8 Å². The highest BCUT2D eigenvalue weighted by Crippen LogP contribution is 2.63. The Balaban J connectivity index is 1.40. The van der Waals surface area contributed by atoms with Crippen molar-refractivity contribution < 1.29 is 18.1 Å². The molecule has 0 saturated carbocycles. The van der Waals surface area contributed by atoms with Gasteiger partial charge >= 0.3 is 15.2 Å². The van der Waals surface area contributed by atoms with Gasteiger partial charge in [-0.2, -0.15) is 0 Å². The van der Waals surface area contributed by atoms with Crippen LogP contribution in [0.1, 0.15) is 0 Å². The van der Waals surface area contributed by atoms with Crippen LogP contribution in [0, 0.1) is 0 Å². The van der Waals surface area contributed by atoms with Crippen molar-refractivity contribution in [3.8, 4) is 45.3 Å². The highest BCUT2D eigenvalue weighted by Gasteiger charge is 2.32. The Morgan fingerprint density at radius 1 is 0.370 bits per heavy atom. The van der Waals surface area contributed by atoms with Gasteiger partial charge in [0.25, 0.3) is 0 Å². The molecule has 2 unspecified atom stereocenters. The molecule has 0 heterocycles. The van der Waals surface area contributed by atoms with E-state index < -0.39 is 15.2 Å². The van der Waals surface area contributed by atoms with E-state index in [0.717, 1.165) is 22.3 Å². The van der Waals surface area contributed by atoms with E-state index in [1.807, 2.05) is 152 Å². The van der Waals surface area contributed by atoms with Gasteiger partial charge in [-0.15, -0.1) is 4.52 Å². The molecule has 0 fully saturated rings. The third-order valence-electron chi connectivity index (χ3n) is 6.94. The van der Waals surface area contributed by atoms with Gasteiger partial charge in [0, 0.05) is 13.7 Å². The van der Waals surface area contributed by atoms with Gasteiger partial charge in [0.05, 0.1) is 0 Å². The van der Waals surface area contributed by atoms with Gasteiger partial charge in [0.2, 0.25) is 0 Å². The Bertz CT molecular complexity index is 1950. The third-order valence-corrected chi connectivity index (χ3v) is 11.6. The second-order valence-electron chi connectivity index (χ2n) is 10.4. The number of nitrogens with zero attached hydrogens (tertiary/aromatic N) is 2. The minimum Gasteiger partial charge on any atom is -0.430 e. The molecular weight excluding hydrogens is 610 g/mol. The average Bonchev–Trinajstić information content (AvgIpc) is 3.10.